The highest BCUT2D eigenvalue weighted by molar-refractivity contribution is 7.91. The van der Waals surface area contributed by atoms with Crippen molar-refractivity contribution in [3.05, 3.63) is 47.7 Å². The number of aryl methyl sites for hydroxylation is 1. The molecule has 13 heteroatoms. The van der Waals surface area contributed by atoms with E-state index in [0.29, 0.717) is 60.9 Å². The molecule has 1 N–H and O–H groups in total. The van der Waals surface area contributed by atoms with E-state index >= 15 is 4.39 Å². The van der Waals surface area contributed by atoms with E-state index in [4.69, 9.17) is 4.74 Å². The molecular weight excluding hydrogens is 619 g/mol. The molecule has 0 amide bonds. The van der Waals surface area contributed by atoms with Gasteiger partial charge in [-0.2, -0.15) is 9.97 Å². The van der Waals surface area contributed by atoms with Crippen molar-refractivity contribution in [2.45, 2.75) is 62.4 Å². The molecule has 3 aliphatic heterocycles. The third-order valence-corrected chi connectivity index (χ3v) is 11.5. The zero-order valence-electron chi connectivity index (χ0n) is 25.8. The Morgan fingerprint density at radius 3 is 2.74 bits per heavy atom. The van der Waals surface area contributed by atoms with E-state index in [1.54, 1.807) is 11.8 Å². The second kappa shape index (κ2) is 11.5. The smallest absolute Gasteiger partial charge is 0.319 e. The average Bonchev–Trinajstić information content (AvgIpc) is 3.55. The molecule has 3 saturated heterocycles. The minimum atomic E-state index is -3.35. The molecule has 0 radical (unpaired) electrons. The van der Waals surface area contributed by atoms with Crippen molar-refractivity contribution in [3.8, 4) is 23.0 Å². The first-order valence-corrected chi connectivity index (χ1v) is 17.7. The van der Waals surface area contributed by atoms with Crippen LogP contribution in [0.15, 0.2) is 30.5 Å². The highest BCUT2D eigenvalue weighted by atomic mass is 32.2. The Morgan fingerprint density at radius 1 is 1.13 bits per heavy atom. The molecule has 0 spiro atoms. The van der Waals surface area contributed by atoms with E-state index in [9.17, 15) is 22.3 Å². The molecule has 46 heavy (non-hydrogen) atoms. The van der Waals surface area contributed by atoms with Gasteiger partial charge in [0.15, 0.2) is 15.7 Å². The monoisotopic (exact) mass is 655 g/mol. The van der Waals surface area contributed by atoms with Crippen LogP contribution in [-0.2, 0) is 16.3 Å². The first-order chi connectivity index (χ1) is 22.0. The summed E-state index contributed by atoms with van der Waals surface area (Å²) in [5.74, 6) is -1.10. The van der Waals surface area contributed by atoms with Gasteiger partial charge in [0.2, 0.25) is 0 Å². The van der Waals surface area contributed by atoms with Gasteiger partial charge in [0.25, 0.3) is 0 Å². The number of sulfone groups is 1. The lowest BCUT2D eigenvalue weighted by Crippen LogP contribution is -2.44. The summed E-state index contributed by atoms with van der Waals surface area (Å²) in [7, 11) is -3.35. The number of aromatic hydroxyl groups is 1. The van der Waals surface area contributed by atoms with Crippen molar-refractivity contribution in [1.29, 1.82) is 0 Å². The van der Waals surface area contributed by atoms with Crippen molar-refractivity contribution < 1.29 is 31.4 Å². The molecule has 9 nitrogen and oxygen atoms in total. The number of nitrogens with zero attached hydrogens (tertiary/aromatic N) is 5. The standard InChI is InChI=1S/C33H36F3N5O4S/c1-3-23-26(35)8-7-19-12-21(42)13-24(27(19)23)29-28(36)30-25(15-37-29)31(40-10-4-6-22(17-40)46(2,43)44)39-32(38-30)45-18-33-9-5-11-41(33)16-20(34)14-33/h7-8,12-13,15,20,22,42H,3-6,9-11,14,16-18H2,1-2H3/t20-,22?,33+/m1/s1. The van der Waals surface area contributed by atoms with Crippen molar-refractivity contribution >= 4 is 37.3 Å². The molecule has 244 valence electrons. The number of piperidine rings is 1. The van der Waals surface area contributed by atoms with Crippen molar-refractivity contribution in [3.63, 3.8) is 0 Å². The topological polar surface area (TPSA) is 109 Å². The summed E-state index contributed by atoms with van der Waals surface area (Å²) in [6, 6.07) is 5.60. The zero-order valence-corrected chi connectivity index (χ0v) is 26.6. The normalized spacial score (nSPS) is 23.8. The fraction of sp³-hybridized carbons (Fsp3) is 0.485. The Labute approximate surface area is 265 Å². The molecule has 2 aromatic heterocycles. The Kier molecular flexibility index (Phi) is 7.74. The van der Waals surface area contributed by atoms with Crippen molar-refractivity contribution in [1.82, 2.24) is 19.9 Å². The van der Waals surface area contributed by atoms with Crippen LogP contribution in [0.2, 0.25) is 0 Å². The molecule has 0 aliphatic carbocycles. The lowest BCUT2D eigenvalue weighted by atomic mass is 9.94. The Balaban J connectivity index is 1.38. The maximum Gasteiger partial charge on any atom is 0.319 e. The Hall–Kier alpha value is -3.71. The second-order valence-corrected chi connectivity index (χ2v) is 15.2. The molecule has 0 saturated carbocycles. The SMILES string of the molecule is CCc1c(F)ccc2cc(O)cc(-c3ncc4c(N5CCCC(S(C)(=O)=O)C5)nc(OC[C@@]56CCCN5C[C@H](F)C6)nc4c3F)c12. The highest BCUT2D eigenvalue weighted by Crippen LogP contribution is 2.42. The summed E-state index contributed by atoms with van der Waals surface area (Å²) >= 11 is 0. The predicted octanol–water partition coefficient (Wildman–Crippen LogP) is 5.36. The van der Waals surface area contributed by atoms with Crippen LogP contribution < -0.4 is 9.64 Å². The van der Waals surface area contributed by atoms with Crippen LogP contribution in [0.4, 0.5) is 19.0 Å². The van der Waals surface area contributed by atoms with Gasteiger partial charge in [-0.3, -0.25) is 9.88 Å². The van der Waals surface area contributed by atoms with Crippen LogP contribution >= 0.6 is 0 Å². The fourth-order valence-electron chi connectivity index (χ4n) is 7.68. The summed E-state index contributed by atoms with van der Waals surface area (Å²) in [4.78, 5) is 17.5. The number of aromatic nitrogens is 3. The minimum Gasteiger partial charge on any atom is -0.508 e. The van der Waals surface area contributed by atoms with Crippen molar-refractivity contribution in [2.24, 2.45) is 0 Å². The van der Waals surface area contributed by atoms with Gasteiger partial charge in [-0.1, -0.05) is 13.0 Å². The highest BCUT2D eigenvalue weighted by Gasteiger charge is 2.49. The van der Waals surface area contributed by atoms with E-state index in [-0.39, 0.29) is 47.1 Å². The molecule has 3 atom stereocenters. The lowest BCUT2D eigenvalue weighted by Gasteiger charge is -2.33. The van der Waals surface area contributed by atoms with E-state index in [2.05, 4.69) is 19.9 Å². The molecule has 2 aromatic carbocycles. The number of halogens is 3. The van der Waals surface area contributed by atoms with Crippen LogP contribution in [-0.4, -0.2) is 89.4 Å². The van der Waals surface area contributed by atoms with E-state index in [0.717, 1.165) is 19.4 Å². The number of alkyl halides is 1. The maximum absolute atomic E-state index is 16.8. The van der Waals surface area contributed by atoms with E-state index in [1.165, 1.54) is 36.7 Å². The maximum atomic E-state index is 16.8. The minimum absolute atomic E-state index is 0.104. The zero-order chi connectivity index (χ0) is 32.4. The Morgan fingerprint density at radius 2 is 1.96 bits per heavy atom. The summed E-state index contributed by atoms with van der Waals surface area (Å²) in [5.41, 5.74) is -0.150. The summed E-state index contributed by atoms with van der Waals surface area (Å²) in [6.45, 7) is 3.68. The van der Waals surface area contributed by atoms with Gasteiger partial charge in [0.1, 0.15) is 41.4 Å². The van der Waals surface area contributed by atoms with E-state index < -0.39 is 38.4 Å². The number of benzene rings is 2. The number of phenolic OH excluding ortho intramolecular Hbond substituents is 1. The molecular formula is C33H36F3N5O4S. The summed E-state index contributed by atoms with van der Waals surface area (Å²) in [6.07, 6.45) is 5.11. The van der Waals surface area contributed by atoms with Crippen LogP contribution in [0, 0.1) is 11.6 Å². The number of hydrogen-bond acceptors (Lipinski definition) is 9. The molecule has 3 aliphatic rings. The third kappa shape index (κ3) is 5.30. The van der Waals surface area contributed by atoms with Gasteiger partial charge in [-0.05, 0) is 73.2 Å². The molecule has 5 heterocycles. The number of hydrogen-bond donors (Lipinski definition) is 1. The molecule has 4 aromatic rings. The van der Waals surface area contributed by atoms with Crippen molar-refractivity contribution in [2.75, 3.05) is 43.9 Å². The quantitative estimate of drug-likeness (QED) is 0.282. The molecule has 0 bridgehead atoms. The lowest BCUT2D eigenvalue weighted by molar-refractivity contribution is 0.107. The number of phenols is 1. The predicted molar refractivity (Wildman–Crippen MR) is 170 cm³/mol. The largest absolute Gasteiger partial charge is 0.508 e. The van der Waals surface area contributed by atoms with Gasteiger partial charge >= 0.3 is 6.01 Å². The Bertz CT molecular complexity index is 1960. The van der Waals surface area contributed by atoms with Gasteiger partial charge < -0.3 is 14.7 Å². The number of ether oxygens (including phenoxy) is 1. The number of anilines is 1. The molecule has 7 rings (SSSR count). The van der Waals surface area contributed by atoms with Crippen LogP contribution in [0.3, 0.4) is 0 Å². The average molecular weight is 656 g/mol. The van der Waals surface area contributed by atoms with Gasteiger partial charge in [-0.15, -0.1) is 0 Å². The summed E-state index contributed by atoms with van der Waals surface area (Å²) in [5, 5.41) is 11.2. The molecule has 3 fully saturated rings. The first-order valence-electron chi connectivity index (χ1n) is 15.7. The summed E-state index contributed by atoms with van der Waals surface area (Å²) < 4.78 is 77.4. The third-order valence-electron chi connectivity index (χ3n) is 9.92. The number of rotatable bonds is 7. The first kappa shape index (κ1) is 30.9. The van der Waals surface area contributed by atoms with Gasteiger partial charge in [0.05, 0.1) is 16.2 Å². The van der Waals surface area contributed by atoms with Crippen LogP contribution in [0.1, 0.15) is 44.6 Å². The number of pyridine rings is 1. The van der Waals surface area contributed by atoms with Gasteiger partial charge in [-0.25, -0.2) is 21.6 Å². The van der Waals surface area contributed by atoms with Crippen LogP contribution in [0.5, 0.6) is 11.8 Å². The van der Waals surface area contributed by atoms with Crippen LogP contribution in [0.25, 0.3) is 32.9 Å². The molecule has 1 unspecified atom stereocenters. The number of fused-ring (bicyclic) bond motifs is 3. The second-order valence-electron chi connectivity index (χ2n) is 12.9. The van der Waals surface area contributed by atoms with E-state index in [1.807, 2.05) is 0 Å². The fourth-order valence-corrected chi connectivity index (χ4v) is 8.72. The van der Waals surface area contributed by atoms with Gasteiger partial charge in [0, 0.05) is 44.1 Å².